The molecule has 0 bridgehead atoms. The third-order valence-electron chi connectivity index (χ3n) is 3.65. The van der Waals surface area contributed by atoms with Crippen molar-refractivity contribution in [3.8, 4) is 0 Å². The number of benzene rings is 2. The summed E-state index contributed by atoms with van der Waals surface area (Å²) in [6.45, 7) is 0. The Bertz CT molecular complexity index is 680. The van der Waals surface area contributed by atoms with Gasteiger partial charge in [0.25, 0.3) is 0 Å². The molecule has 8 heteroatoms. The van der Waals surface area contributed by atoms with E-state index in [0.717, 1.165) is 5.56 Å². The van der Waals surface area contributed by atoms with Crippen molar-refractivity contribution >= 4 is 40.5 Å². The second-order valence-electron chi connectivity index (χ2n) is 5.27. The van der Waals surface area contributed by atoms with Crippen LogP contribution in [0, 0.1) is 0 Å². The number of hydrazine groups is 1. The second kappa shape index (κ2) is 7.83. The molecule has 0 aliphatic carbocycles. The fraction of sp³-hybridized carbons (Fsp3) is 0.250. The minimum Gasteiger partial charge on any atom is -0.324 e. The van der Waals surface area contributed by atoms with Crippen molar-refractivity contribution in [1.82, 2.24) is 0 Å². The minimum atomic E-state index is -4.42. The lowest BCUT2D eigenvalue weighted by atomic mass is 9.91. The zero-order valence-electron chi connectivity index (χ0n) is 12.3. The number of aryl methyl sites for hydroxylation is 1. The Morgan fingerprint density at radius 3 is 2.00 bits per heavy atom. The summed E-state index contributed by atoms with van der Waals surface area (Å²) in [4.78, 5) is 0. The first-order valence-corrected chi connectivity index (χ1v) is 8.12. The van der Waals surface area contributed by atoms with Gasteiger partial charge in [0.05, 0.1) is 21.0 Å². The predicted molar refractivity (Wildman–Crippen MR) is 92.8 cm³/mol. The van der Waals surface area contributed by atoms with Gasteiger partial charge in [-0.15, -0.1) is 0 Å². The van der Waals surface area contributed by atoms with Crippen molar-refractivity contribution in [2.24, 2.45) is 5.84 Å². The normalized spacial score (nSPS) is 13.0. The SMILES string of the molecule is NNc1ccc(CCC(c2cc(Cl)c(Cl)c(Cl)c2)C(F)(F)F)cc1. The largest absolute Gasteiger partial charge is 0.395 e. The molecule has 2 aromatic carbocycles. The van der Waals surface area contributed by atoms with Crippen molar-refractivity contribution in [3.05, 3.63) is 62.6 Å². The molecule has 2 aromatic rings. The summed E-state index contributed by atoms with van der Waals surface area (Å²) in [5, 5.41) is 0.0615. The first-order valence-electron chi connectivity index (χ1n) is 6.99. The van der Waals surface area contributed by atoms with Gasteiger partial charge in [-0.25, -0.2) is 0 Å². The van der Waals surface area contributed by atoms with Crippen LogP contribution in [0.15, 0.2) is 36.4 Å². The highest BCUT2D eigenvalue weighted by Gasteiger charge is 2.40. The second-order valence-corrected chi connectivity index (χ2v) is 6.47. The maximum Gasteiger partial charge on any atom is 0.395 e. The molecule has 0 saturated heterocycles. The van der Waals surface area contributed by atoms with Crippen LogP contribution < -0.4 is 11.3 Å². The molecule has 2 nitrogen and oxygen atoms in total. The molecule has 0 aliphatic heterocycles. The highest BCUT2D eigenvalue weighted by molar-refractivity contribution is 6.48. The van der Waals surface area contributed by atoms with Gasteiger partial charge >= 0.3 is 6.18 Å². The van der Waals surface area contributed by atoms with Crippen LogP contribution in [-0.2, 0) is 6.42 Å². The third kappa shape index (κ3) is 4.70. The summed E-state index contributed by atoms with van der Waals surface area (Å²) in [6.07, 6.45) is -4.31. The van der Waals surface area contributed by atoms with Gasteiger partial charge in [-0.3, -0.25) is 5.84 Å². The molecular formula is C16H14Cl3F3N2. The lowest BCUT2D eigenvalue weighted by molar-refractivity contribution is -0.151. The number of rotatable bonds is 5. The summed E-state index contributed by atoms with van der Waals surface area (Å²) < 4.78 is 40.3. The maximum absolute atomic E-state index is 13.4. The molecule has 0 aromatic heterocycles. The Morgan fingerprint density at radius 1 is 1.00 bits per heavy atom. The highest BCUT2D eigenvalue weighted by Crippen LogP contribution is 2.42. The van der Waals surface area contributed by atoms with Crippen LogP contribution in [0.3, 0.4) is 0 Å². The van der Waals surface area contributed by atoms with Crippen LogP contribution in [0.5, 0.6) is 0 Å². The Morgan fingerprint density at radius 2 is 1.54 bits per heavy atom. The van der Waals surface area contributed by atoms with Gasteiger partial charge in [-0.05, 0) is 48.2 Å². The molecule has 1 atom stereocenters. The van der Waals surface area contributed by atoms with E-state index < -0.39 is 12.1 Å². The topological polar surface area (TPSA) is 38.0 Å². The van der Waals surface area contributed by atoms with Crippen LogP contribution in [-0.4, -0.2) is 6.18 Å². The highest BCUT2D eigenvalue weighted by atomic mass is 35.5. The van der Waals surface area contributed by atoms with Crippen molar-refractivity contribution in [3.63, 3.8) is 0 Å². The summed E-state index contributed by atoms with van der Waals surface area (Å²) in [5.41, 5.74) is 3.92. The lowest BCUT2D eigenvalue weighted by Gasteiger charge is -2.21. The van der Waals surface area contributed by atoms with E-state index in [2.05, 4.69) is 5.43 Å². The van der Waals surface area contributed by atoms with E-state index in [1.807, 2.05) is 0 Å². The third-order valence-corrected chi connectivity index (χ3v) is 4.84. The van der Waals surface area contributed by atoms with Gasteiger partial charge < -0.3 is 5.43 Å². The van der Waals surface area contributed by atoms with E-state index in [-0.39, 0.29) is 33.5 Å². The fourth-order valence-corrected chi connectivity index (χ4v) is 2.99. The molecule has 0 fully saturated rings. The van der Waals surface area contributed by atoms with Crippen LogP contribution in [0.2, 0.25) is 15.1 Å². The zero-order chi connectivity index (χ0) is 17.9. The summed E-state index contributed by atoms with van der Waals surface area (Å²) in [7, 11) is 0. The van der Waals surface area contributed by atoms with E-state index in [1.54, 1.807) is 24.3 Å². The summed E-state index contributed by atoms with van der Waals surface area (Å²) >= 11 is 17.5. The number of halogens is 6. The lowest BCUT2D eigenvalue weighted by Crippen LogP contribution is -2.21. The number of nitrogens with two attached hydrogens (primary N) is 1. The summed E-state index contributed by atoms with van der Waals surface area (Å²) in [6, 6.07) is 9.29. The standard InChI is InChI=1S/C16H14Cl3F3N2/c17-13-7-10(8-14(18)15(13)19)12(16(20,21)22)6-3-9-1-4-11(24-23)5-2-9/h1-2,4-5,7-8,12,24H,3,6,23H2. The van der Waals surface area contributed by atoms with E-state index in [1.165, 1.54) is 12.1 Å². The Balaban J connectivity index is 2.23. The molecule has 0 amide bonds. The predicted octanol–water partition coefficient (Wildman–Crippen LogP) is 6.21. The Kier molecular flexibility index (Phi) is 6.26. The van der Waals surface area contributed by atoms with Gasteiger partial charge in [0.1, 0.15) is 0 Å². The van der Waals surface area contributed by atoms with Crippen molar-refractivity contribution < 1.29 is 13.2 Å². The number of nitrogen functional groups attached to an aromatic ring is 1. The molecule has 0 spiro atoms. The Hall–Kier alpha value is -1.14. The van der Waals surface area contributed by atoms with Crippen LogP contribution >= 0.6 is 34.8 Å². The molecule has 0 saturated carbocycles. The average Bonchev–Trinajstić information content (AvgIpc) is 2.52. The van der Waals surface area contributed by atoms with Gasteiger partial charge in [0.15, 0.2) is 0 Å². The molecule has 24 heavy (non-hydrogen) atoms. The maximum atomic E-state index is 13.4. The zero-order valence-corrected chi connectivity index (χ0v) is 14.6. The van der Waals surface area contributed by atoms with Gasteiger partial charge in [-0.1, -0.05) is 46.9 Å². The fourth-order valence-electron chi connectivity index (χ4n) is 2.37. The molecule has 2 rings (SSSR count). The average molecular weight is 398 g/mol. The number of anilines is 1. The molecule has 0 radical (unpaired) electrons. The van der Waals surface area contributed by atoms with Crippen molar-refractivity contribution in [2.45, 2.75) is 24.9 Å². The van der Waals surface area contributed by atoms with Gasteiger partial charge in [-0.2, -0.15) is 13.2 Å². The molecule has 0 heterocycles. The van der Waals surface area contributed by atoms with Crippen LogP contribution in [0.1, 0.15) is 23.5 Å². The smallest absolute Gasteiger partial charge is 0.324 e. The van der Waals surface area contributed by atoms with E-state index in [0.29, 0.717) is 5.69 Å². The number of hydrogen-bond acceptors (Lipinski definition) is 2. The Labute approximate surface area is 152 Å². The summed E-state index contributed by atoms with van der Waals surface area (Å²) in [5.74, 6) is 3.58. The molecule has 3 N–H and O–H groups in total. The number of nitrogens with one attached hydrogen (secondary N) is 1. The quantitative estimate of drug-likeness (QED) is 0.357. The molecular weight excluding hydrogens is 384 g/mol. The first kappa shape index (κ1) is 19.2. The molecule has 1 unspecified atom stereocenters. The van der Waals surface area contributed by atoms with Crippen molar-refractivity contribution in [2.75, 3.05) is 5.43 Å². The molecule has 130 valence electrons. The first-order chi connectivity index (χ1) is 11.2. The molecule has 0 aliphatic rings. The monoisotopic (exact) mass is 396 g/mol. The van der Waals surface area contributed by atoms with Gasteiger partial charge in [0, 0.05) is 5.69 Å². The van der Waals surface area contributed by atoms with Gasteiger partial charge in [0.2, 0.25) is 0 Å². The van der Waals surface area contributed by atoms with E-state index in [9.17, 15) is 13.2 Å². The number of hydrogen-bond donors (Lipinski definition) is 2. The van der Waals surface area contributed by atoms with E-state index in [4.69, 9.17) is 40.6 Å². The van der Waals surface area contributed by atoms with Crippen molar-refractivity contribution in [1.29, 1.82) is 0 Å². The minimum absolute atomic E-state index is 0.00199. The number of alkyl halides is 3. The van der Waals surface area contributed by atoms with Crippen LogP contribution in [0.25, 0.3) is 0 Å². The van der Waals surface area contributed by atoms with E-state index >= 15 is 0 Å². The van der Waals surface area contributed by atoms with Crippen LogP contribution in [0.4, 0.5) is 18.9 Å².